The Morgan fingerprint density at radius 2 is 1.80 bits per heavy atom. The summed E-state index contributed by atoms with van der Waals surface area (Å²) < 4.78 is 5.89. The summed E-state index contributed by atoms with van der Waals surface area (Å²) in [6.07, 6.45) is 6.36. The Morgan fingerprint density at radius 3 is 2.60 bits per heavy atom. The van der Waals surface area contributed by atoms with E-state index >= 15 is 0 Å². The zero-order valence-corrected chi connectivity index (χ0v) is 15.0. The van der Waals surface area contributed by atoms with Crippen molar-refractivity contribution in [2.45, 2.75) is 38.1 Å². The maximum Gasteiger partial charge on any atom is 0.295 e. The molecule has 0 amide bonds. The summed E-state index contributed by atoms with van der Waals surface area (Å²) in [5, 5.41) is 3.47. The third kappa shape index (κ3) is 3.48. The number of benzene rings is 2. The van der Waals surface area contributed by atoms with Gasteiger partial charge in [0, 0.05) is 25.8 Å². The van der Waals surface area contributed by atoms with Crippen molar-refractivity contribution in [2.24, 2.45) is 0 Å². The lowest BCUT2D eigenvalue weighted by molar-refractivity contribution is 0.451. The summed E-state index contributed by atoms with van der Waals surface area (Å²) >= 11 is 0. The monoisotopic (exact) mass is 335 g/mol. The van der Waals surface area contributed by atoms with Crippen molar-refractivity contribution >= 4 is 22.8 Å². The Morgan fingerprint density at radius 1 is 1.00 bits per heavy atom. The molecule has 0 aliphatic heterocycles. The summed E-state index contributed by atoms with van der Waals surface area (Å²) in [6, 6.07) is 15.9. The molecule has 1 N–H and O–H groups in total. The zero-order chi connectivity index (χ0) is 17.2. The number of nitrogens with zero attached hydrogens (tertiary/aromatic N) is 2. The van der Waals surface area contributed by atoms with Crippen LogP contribution in [-0.2, 0) is 0 Å². The average molecular weight is 335 g/mol. The molecule has 0 bridgehead atoms. The van der Waals surface area contributed by atoms with E-state index in [1.54, 1.807) is 0 Å². The molecule has 3 aromatic rings. The second kappa shape index (κ2) is 6.79. The molecular formula is C21H25N3O. The van der Waals surface area contributed by atoms with Gasteiger partial charge in [-0.1, -0.05) is 37.5 Å². The first-order valence-electron chi connectivity index (χ1n) is 9.14. The fourth-order valence-corrected chi connectivity index (χ4v) is 3.55. The van der Waals surface area contributed by atoms with Crippen LogP contribution in [0.4, 0.5) is 11.7 Å². The minimum Gasteiger partial charge on any atom is -0.424 e. The average Bonchev–Trinajstić information content (AvgIpc) is 3.04. The van der Waals surface area contributed by atoms with E-state index in [1.807, 2.05) is 6.07 Å². The van der Waals surface area contributed by atoms with Crippen LogP contribution < -0.4 is 10.2 Å². The van der Waals surface area contributed by atoms with Gasteiger partial charge >= 0.3 is 0 Å². The lowest BCUT2D eigenvalue weighted by atomic mass is 9.96. The molecule has 0 saturated heterocycles. The van der Waals surface area contributed by atoms with Crippen LogP contribution in [0.15, 0.2) is 46.9 Å². The van der Waals surface area contributed by atoms with Gasteiger partial charge in [-0.15, -0.1) is 0 Å². The minimum absolute atomic E-state index is 0.498. The quantitative estimate of drug-likeness (QED) is 0.702. The van der Waals surface area contributed by atoms with Gasteiger partial charge in [0.15, 0.2) is 5.58 Å². The molecule has 0 atom stereocenters. The summed E-state index contributed by atoms with van der Waals surface area (Å²) in [6.45, 7) is 0. The molecule has 0 radical (unpaired) electrons. The third-order valence-corrected chi connectivity index (χ3v) is 5.02. The number of anilines is 2. The molecule has 0 unspecified atom stereocenters. The number of fused-ring (bicyclic) bond motifs is 1. The van der Waals surface area contributed by atoms with Crippen LogP contribution in [0.25, 0.3) is 22.2 Å². The molecular weight excluding hydrogens is 310 g/mol. The highest BCUT2D eigenvalue weighted by Crippen LogP contribution is 2.29. The fourth-order valence-electron chi connectivity index (χ4n) is 3.55. The normalized spacial score (nSPS) is 15.4. The van der Waals surface area contributed by atoms with Gasteiger partial charge in [-0.25, -0.2) is 0 Å². The number of nitrogens with one attached hydrogen (secondary N) is 1. The van der Waals surface area contributed by atoms with E-state index in [2.05, 4.69) is 65.7 Å². The lowest BCUT2D eigenvalue weighted by Gasteiger charge is -2.21. The van der Waals surface area contributed by atoms with Crippen molar-refractivity contribution in [2.75, 3.05) is 24.3 Å². The van der Waals surface area contributed by atoms with Gasteiger partial charge in [-0.3, -0.25) is 0 Å². The number of aromatic nitrogens is 1. The van der Waals surface area contributed by atoms with Crippen LogP contribution in [0.5, 0.6) is 0 Å². The Bertz CT molecular complexity index is 862. The van der Waals surface area contributed by atoms with Crippen LogP contribution in [0, 0.1) is 0 Å². The van der Waals surface area contributed by atoms with E-state index in [0.29, 0.717) is 12.1 Å². The maximum absolute atomic E-state index is 5.89. The standard InChI is InChI=1S/C21H25N3O/c1-24(2)18-10-6-7-15(13-18)16-11-12-20-19(14-16)23-21(25-20)22-17-8-4-3-5-9-17/h6-7,10-14,17H,3-5,8-9H2,1-2H3,(H,22,23). The number of hydrogen-bond donors (Lipinski definition) is 1. The Balaban J connectivity index is 1.60. The van der Waals surface area contributed by atoms with Crippen molar-refractivity contribution in [1.29, 1.82) is 0 Å². The van der Waals surface area contributed by atoms with Crippen LogP contribution in [0.3, 0.4) is 0 Å². The highest BCUT2D eigenvalue weighted by molar-refractivity contribution is 5.82. The Hall–Kier alpha value is -2.49. The molecule has 0 spiro atoms. The van der Waals surface area contributed by atoms with Crippen molar-refractivity contribution in [1.82, 2.24) is 4.98 Å². The predicted molar refractivity (Wildman–Crippen MR) is 104 cm³/mol. The van der Waals surface area contributed by atoms with E-state index in [-0.39, 0.29) is 0 Å². The van der Waals surface area contributed by atoms with Gasteiger partial charge < -0.3 is 14.6 Å². The minimum atomic E-state index is 0.498. The molecule has 4 rings (SSSR count). The molecule has 4 nitrogen and oxygen atoms in total. The molecule has 1 aromatic heterocycles. The summed E-state index contributed by atoms with van der Waals surface area (Å²) in [5.41, 5.74) is 5.29. The molecule has 1 heterocycles. The molecule has 25 heavy (non-hydrogen) atoms. The summed E-state index contributed by atoms with van der Waals surface area (Å²) in [5.74, 6) is 0. The number of rotatable bonds is 4. The first-order chi connectivity index (χ1) is 12.2. The maximum atomic E-state index is 5.89. The van der Waals surface area contributed by atoms with E-state index in [1.165, 1.54) is 43.4 Å². The van der Waals surface area contributed by atoms with Crippen LogP contribution >= 0.6 is 0 Å². The SMILES string of the molecule is CN(C)c1cccc(-c2ccc3oc(NC4CCCCC4)nc3c2)c1. The summed E-state index contributed by atoms with van der Waals surface area (Å²) in [4.78, 5) is 6.78. The van der Waals surface area contributed by atoms with Crippen LogP contribution in [-0.4, -0.2) is 25.1 Å². The Kier molecular flexibility index (Phi) is 4.35. The van der Waals surface area contributed by atoms with E-state index < -0.39 is 0 Å². The largest absolute Gasteiger partial charge is 0.424 e. The first kappa shape index (κ1) is 16.0. The highest BCUT2D eigenvalue weighted by atomic mass is 16.4. The van der Waals surface area contributed by atoms with E-state index in [0.717, 1.165) is 16.7 Å². The molecule has 1 fully saturated rings. The third-order valence-electron chi connectivity index (χ3n) is 5.02. The smallest absolute Gasteiger partial charge is 0.295 e. The van der Waals surface area contributed by atoms with Gasteiger partial charge in [0.25, 0.3) is 6.01 Å². The van der Waals surface area contributed by atoms with Crippen LogP contribution in [0.2, 0.25) is 0 Å². The molecule has 130 valence electrons. The second-order valence-electron chi connectivity index (χ2n) is 7.13. The van der Waals surface area contributed by atoms with Gasteiger partial charge in [0.2, 0.25) is 0 Å². The van der Waals surface area contributed by atoms with Crippen LogP contribution in [0.1, 0.15) is 32.1 Å². The van der Waals surface area contributed by atoms with Crippen molar-refractivity contribution in [3.05, 3.63) is 42.5 Å². The number of hydrogen-bond acceptors (Lipinski definition) is 4. The molecule has 2 aromatic carbocycles. The lowest BCUT2D eigenvalue weighted by Crippen LogP contribution is -2.22. The van der Waals surface area contributed by atoms with Gasteiger partial charge in [-0.05, 0) is 48.2 Å². The topological polar surface area (TPSA) is 41.3 Å². The fraction of sp³-hybridized carbons (Fsp3) is 0.381. The zero-order valence-electron chi connectivity index (χ0n) is 15.0. The molecule has 4 heteroatoms. The molecule has 1 aliphatic carbocycles. The predicted octanol–water partition coefficient (Wildman–Crippen LogP) is 5.31. The van der Waals surface area contributed by atoms with Gasteiger partial charge in [-0.2, -0.15) is 4.98 Å². The van der Waals surface area contributed by atoms with Gasteiger partial charge in [0.1, 0.15) is 5.52 Å². The summed E-state index contributed by atoms with van der Waals surface area (Å²) in [7, 11) is 4.12. The Labute approximate surface area is 148 Å². The second-order valence-corrected chi connectivity index (χ2v) is 7.13. The van der Waals surface area contributed by atoms with Crippen molar-refractivity contribution in [3.63, 3.8) is 0 Å². The molecule has 1 saturated carbocycles. The van der Waals surface area contributed by atoms with Crippen molar-refractivity contribution < 1.29 is 4.42 Å². The van der Waals surface area contributed by atoms with Gasteiger partial charge in [0.05, 0.1) is 0 Å². The molecule has 1 aliphatic rings. The van der Waals surface area contributed by atoms with E-state index in [9.17, 15) is 0 Å². The number of oxazole rings is 1. The van der Waals surface area contributed by atoms with E-state index in [4.69, 9.17) is 4.42 Å². The first-order valence-corrected chi connectivity index (χ1v) is 9.14. The van der Waals surface area contributed by atoms with Crippen molar-refractivity contribution in [3.8, 4) is 11.1 Å². The highest BCUT2D eigenvalue weighted by Gasteiger charge is 2.16.